The average Bonchev–Trinajstić information content (AvgIpc) is 2.75. The number of fused-ring (bicyclic) bond motifs is 1. The van der Waals surface area contributed by atoms with Gasteiger partial charge in [0.2, 0.25) is 0 Å². The quantitative estimate of drug-likeness (QED) is 0.551. The number of hydrogen-bond donors (Lipinski definition) is 1. The Kier molecular flexibility index (Phi) is 5.75. The number of nitrogens with one attached hydrogen (secondary N) is 1. The van der Waals surface area contributed by atoms with Crippen LogP contribution in [0.25, 0.3) is 10.8 Å². The molecule has 1 aliphatic heterocycles. The van der Waals surface area contributed by atoms with Crippen molar-refractivity contribution in [2.24, 2.45) is 5.10 Å². The predicted molar refractivity (Wildman–Crippen MR) is 112 cm³/mol. The molecular weight excluding hydrogens is 350 g/mol. The summed E-state index contributed by atoms with van der Waals surface area (Å²) in [4.78, 5) is 14.7. The molecule has 1 heterocycles. The summed E-state index contributed by atoms with van der Waals surface area (Å²) in [5.41, 5.74) is 5.38. The van der Waals surface area contributed by atoms with Crippen LogP contribution < -0.4 is 5.43 Å². The van der Waals surface area contributed by atoms with Gasteiger partial charge in [-0.05, 0) is 28.5 Å². The van der Waals surface area contributed by atoms with Crippen LogP contribution in [0.5, 0.6) is 0 Å². The zero-order valence-electron chi connectivity index (χ0n) is 15.7. The van der Waals surface area contributed by atoms with E-state index in [9.17, 15) is 4.79 Å². The Balaban J connectivity index is 1.37. The molecule has 0 atom stereocenters. The Morgan fingerprint density at radius 3 is 2.57 bits per heavy atom. The average molecular weight is 373 g/mol. The fraction of sp³-hybridized carbons (Fsp3) is 0.217. The van der Waals surface area contributed by atoms with Gasteiger partial charge in [0.15, 0.2) is 0 Å². The van der Waals surface area contributed by atoms with Crippen molar-refractivity contribution in [3.63, 3.8) is 0 Å². The fourth-order valence-electron chi connectivity index (χ4n) is 3.37. The molecule has 0 bridgehead atoms. The standard InChI is InChI=1S/C23H23N3O2/c27-23(20-10-8-18(9-11-20)17-26-12-14-28-15-13-26)25-24-16-21-6-3-5-19-4-1-2-7-22(19)21/h1-11,16H,12-15,17H2,(H,25,27). The number of hydrazone groups is 1. The number of rotatable bonds is 5. The number of amides is 1. The SMILES string of the molecule is O=C(NN=Cc1cccc2ccccc12)c1ccc(CN2CCOCC2)cc1. The summed E-state index contributed by atoms with van der Waals surface area (Å²) in [6.45, 7) is 4.35. The van der Waals surface area contributed by atoms with E-state index in [2.05, 4.69) is 27.6 Å². The summed E-state index contributed by atoms with van der Waals surface area (Å²) >= 11 is 0. The summed E-state index contributed by atoms with van der Waals surface area (Å²) in [6, 6.07) is 21.8. The lowest BCUT2D eigenvalue weighted by Gasteiger charge is -2.26. The molecule has 1 aliphatic rings. The minimum absolute atomic E-state index is 0.214. The van der Waals surface area contributed by atoms with Gasteiger partial charge in [-0.3, -0.25) is 9.69 Å². The molecule has 0 radical (unpaired) electrons. The molecule has 142 valence electrons. The molecule has 0 unspecified atom stereocenters. The zero-order chi connectivity index (χ0) is 19.2. The van der Waals surface area contributed by atoms with E-state index >= 15 is 0 Å². The maximum Gasteiger partial charge on any atom is 0.271 e. The van der Waals surface area contributed by atoms with Gasteiger partial charge in [0.05, 0.1) is 19.4 Å². The normalized spacial score (nSPS) is 15.1. The van der Waals surface area contributed by atoms with Gasteiger partial charge in [-0.25, -0.2) is 5.43 Å². The van der Waals surface area contributed by atoms with Gasteiger partial charge < -0.3 is 4.74 Å². The van der Waals surface area contributed by atoms with Crippen LogP contribution in [-0.2, 0) is 11.3 Å². The van der Waals surface area contributed by atoms with E-state index in [4.69, 9.17) is 4.74 Å². The highest BCUT2D eigenvalue weighted by Gasteiger charge is 2.11. The molecule has 0 aromatic heterocycles. The number of benzene rings is 3. The number of morpholine rings is 1. The Labute approximate surface area is 164 Å². The molecule has 3 aromatic carbocycles. The van der Waals surface area contributed by atoms with Gasteiger partial charge in [0.25, 0.3) is 5.91 Å². The van der Waals surface area contributed by atoms with Crippen molar-refractivity contribution in [3.8, 4) is 0 Å². The minimum atomic E-state index is -0.214. The molecular formula is C23H23N3O2. The first kappa shape index (κ1) is 18.3. The second kappa shape index (κ2) is 8.78. The van der Waals surface area contributed by atoms with Crippen molar-refractivity contribution in [3.05, 3.63) is 83.4 Å². The summed E-state index contributed by atoms with van der Waals surface area (Å²) in [5.74, 6) is -0.214. The van der Waals surface area contributed by atoms with Crippen LogP contribution in [0.3, 0.4) is 0 Å². The number of nitrogens with zero attached hydrogens (tertiary/aromatic N) is 2. The maximum atomic E-state index is 12.3. The third kappa shape index (κ3) is 4.44. The van der Waals surface area contributed by atoms with Crippen molar-refractivity contribution in [2.75, 3.05) is 26.3 Å². The first-order chi connectivity index (χ1) is 13.8. The lowest BCUT2D eigenvalue weighted by Crippen LogP contribution is -2.35. The van der Waals surface area contributed by atoms with E-state index in [1.165, 1.54) is 5.56 Å². The third-order valence-electron chi connectivity index (χ3n) is 4.92. The summed E-state index contributed by atoms with van der Waals surface area (Å²) in [6.07, 6.45) is 1.69. The van der Waals surface area contributed by atoms with Crippen molar-refractivity contribution < 1.29 is 9.53 Å². The highest BCUT2D eigenvalue weighted by molar-refractivity contribution is 6.00. The van der Waals surface area contributed by atoms with Crippen LogP contribution in [0.2, 0.25) is 0 Å². The zero-order valence-corrected chi connectivity index (χ0v) is 15.7. The molecule has 28 heavy (non-hydrogen) atoms. The van der Waals surface area contributed by atoms with Gasteiger partial charge in [-0.2, -0.15) is 5.10 Å². The maximum absolute atomic E-state index is 12.3. The van der Waals surface area contributed by atoms with Crippen LogP contribution >= 0.6 is 0 Å². The van der Waals surface area contributed by atoms with Crippen LogP contribution in [0, 0.1) is 0 Å². The summed E-state index contributed by atoms with van der Waals surface area (Å²) < 4.78 is 5.37. The first-order valence-corrected chi connectivity index (χ1v) is 9.50. The fourth-order valence-corrected chi connectivity index (χ4v) is 3.37. The Morgan fingerprint density at radius 2 is 1.75 bits per heavy atom. The molecule has 1 fully saturated rings. The van der Waals surface area contributed by atoms with E-state index < -0.39 is 0 Å². The predicted octanol–water partition coefficient (Wildman–Crippen LogP) is 3.44. The smallest absolute Gasteiger partial charge is 0.271 e. The first-order valence-electron chi connectivity index (χ1n) is 9.50. The monoisotopic (exact) mass is 373 g/mol. The molecule has 1 saturated heterocycles. The van der Waals surface area contributed by atoms with Crippen molar-refractivity contribution >= 4 is 22.9 Å². The topological polar surface area (TPSA) is 53.9 Å². The van der Waals surface area contributed by atoms with Gasteiger partial charge in [0, 0.05) is 30.8 Å². The van der Waals surface area contributed by atoms with Crippen molar-refractivity contribution in [1.29, 1.82) is 0 Å². The van der Waals surface area contributed by atoms with E-state index in [1.54, 1.807) is 6.21 Å². The van der Waals surface area contributed by atoms with E-state index in [-0.39, 0.29) is 5.91 Å². The van der Waals surface area contributed by atoms with Gasteiger partial charge in [-0.1, -0.05) is 54.6 Å². The third-order valence-corrected chi connectivity index (χ3v) is 4.92. The molecule has 1 N–H and O–H groups in total. The Morgan fingerprint density at radius 1 is 1.00 bits per heavy atom. The van der Waals surface area contributed by atoms with Gasteiger partial charge in [-0.15, -0.1) is 0 Å². The van der Waals surface area contributed by atoms with Crippen molar-refractivity contribution in [1.82, 2.24) is 10.3 Å². The van der Waals surface area contributed by atoms with E-state index in [0.717, 1.165) is 49.2 Å². The molecule has 1 amide bonds. The largest absolute Gasteiger partial charge is 0.379 e. The molecule has 0 saturated carbocycles. The van der Waals surface area contributed by atoms with Gasteiger partial charge in [0.1, 0.15) is 0 Å². The van der Waals surface area contributed by atoms with Crippen LogP contribution in [0.15, 0.2) is 71.8 Å². The number of hydrogen-bond acceptors (Lipinski definition) is 4. The number of ether oxygens (including phenoxy) is 1. The molecule has 0 aliphatic carbocycles. The highest BCUT2D eigenvalue weighted by atomic mass is 16.5. The Bertz CT molecular complexity index is 971. The van der Waals surface area contributed by atoms with E-state index in [0.29, 0.717) is 5.56 Å². The molecule has 5 nitrogen and oxygen atoms in total. The molecule has 4 rings (SSSR count). The summed E-state index contributed by atoms with van der Waals surface area (Å²) in [7, 11) is 0. The van der Waals surface area contributed by atoms with E-state index in [1.807, 2.05) is 54.6 Å². The van der Waals surface area contributed by atoms with Crippen molar-refractivity contribution in [2.45, 2.75) is 6.54 Å². The Hall–Kier alpha value is -3.02. The molecule has 5 heteroatoms. The lowest BCUT2D eigenvalue weighted by molar-refractivity contribution is 0.0342. The van der Waals surface area contributed by atoms with Crippen LogP contribution in [0.1, 0.15) is 21.5 Å². The van der Waals surface area contributed by atoms with Crippen LogP contribution in [0.4, 0.5) is 0 Å². The summed E-state index contributed by atoms with van der Waals surface area (Å²) in [5, 5.41) is 6.39. The lowest BCUT2D eigenvalue weighted by atomic mass is 10.1. The number of carbonyl (C=O) groups excluding carboxylic acids is 1. The molecule has 3 aromatic rings. The van der Waals surface area contributed by atoms with Gasteiger partial charge >= 0.3 is 0 Å². The number of carbonyl (C=O) groups is 1. The second-order valence-corrected chi connectivity index (χ2v) is 6.85. The highest BCUT2D eigenvalue weighted by Crippen LogP contribution is 2.16. The minimum Gasteiger partial charge on any atom is -0.379 e. The van der Waals surface area contributed by atoms with Crippen LogP contribution in [-0.4, -0.2) is 43.3 Å². The second-order valence-electron chi connectivity index (χ2n) is 6.85. The molecule has 0 spiro atoms.